The predicted molar refractivity (Wildman–Crippen MR) is 78.3 cm³/mol. The van der Waals surface area contributed by atoms with E-state index in [9.17, 15) is 0 Å². The number of aromatic nitrogens is 1. The van der Waals surface area contributed by atoms with E-state index in [1.165, 1.54) is 24.8 Å². The van der Waals surface area contributed by atoms with Gasteiger partial charge in [-0.3, -0.25) is 4.90 Å². The van der Waals surface area contributed by atoms with E-state index in [1.54, 1.807) is 0 Å². The number of halogens is 1. The fraction of sp³-hybridized carbons (Fsp3) is 0.643. The lowest BCUT2D eigenvalue weighted by atomic mass is 10.1. The largest absolute Gasteiger partial charge is 0.355 e. The number of rotatable bonds is 2. The van der Waals surface area contributed by atoms with Crippen molar-refractivity contribution in [3.63, 3.8) is 0 Å². The van der Waals surface area contributed by atoms with Crippen LogP contribution in [0.25, 0.3) is 0 Å². The van der Waals surface area contributed by atoms with Crippen LogP contribution >= 0.6 is 15.9 Å². The minimum absolute atomic E-state index is 0.718. The molecule has 0 spiro atoms. The van der Waals surface area contributed by atoms with Crippen LogP contribution in [0.2, 0.25) is 0 Å². The molecule has 1 aromatic rings. The summed E-state index contributed by atoms with van der Waals surface area (Å²) in [5, 5.41) is 0.883. The number of likely N-dealkylation sites (N-methyl/N-ethyl adjacent to an activating group) is 1. The van der Waals surface area contributed by atoms with Gasteiger partial charge in [-0.05, 0) is 37.9 Å². The van der Waals surface area contributed by atoms with Crippen molar-refractivity contribution >= 4 is 21.7 Å². The van der Waals surface area contributed by atoms with Gasteiger partial charge in [0.25, 0.3) is 0 Å². The van der Waals surface area contributed by atoms with E-state index in [-0.39, 0.29) is 0 Å². The summed E-state index contributed by atoms with van der Waals surface area (Å²) >= 11 is 3.46. The zero-order chi connectivity index (χ0) is 12.5. The second-order valence-corrected chi connectivity index (χ2v) is 6.00. The predicted octanol–water partition coefficient (Wildman–Crippen LogP) is 2.65. The second kappa shape index (κ2) is 5.17. The Bertz CT molecular complexity index is 406. The fourth-order valence-corrected chi connectivity index (χ4v) is 3.53. The van der Waals surface area contributed by atoms with Crippen LogP contribution in [0.1, 0.15) is 24.8 Å². The molecule has 3 heterocycles. The van der Waals surface area contributed by atoms with Crippen LogP contribution in [0.5, 0.6) is 0 Å². The van der Waals surface area contributed by atoms with Crippen molar-refractivity contribution < 1.29 is 0 Å². The summed E-state index contributed by atoms with van der Waals surface area (Å²) in [5.74, 6) is 1.14. The van der Waals surface area contributed by atoms with Gasteiger partial charge in [0.15, 0.2) is 0 Å². The van der Waals surface area contributed by atoms with Gasteiger partial charge in [-0.25, -0.2) is 4.98 Å². The second-order valence-electron chi connectivity index (χ2n) is 5.44. The maximum absolute atomic E-state index is 4.60. The van der Waals surface area contributed by atoms with E-state index in [0.717, 1.165) is 36.3 Å². The summed E-state index contributed by atoms with van der Waals surface area (Å²) in [7, 11) is 2.28. The molecule has 2 aliphatic rings. The lowest BCUT2D eigenvalue weighted by Gasteiger charge is -2.26. The molecule has 2 bridgehead atoms. The summed E-state index contributed by atoms with van der Waals surface area (Å²) in [6, 6.07) is 5.84. The molecule has 0 aromatic carbocycles. The normalized spacial score (nSPS) is 28.4. The van der Waals surface area contributed by atoms with E-state index in [1.807, 2.05) is 6.20 Å². The van der Waals surface area contributed by atoms with Crippen molar-refractivity contribution in [3.05, 3.63) is 23.9 Å². The average molecular weight is 310 g/mol. The number of nitrogens with zero attached hydrogens (tertiary/aromatic N) is 3. The topological polar surface area (TPSA) is 19.4 Å². The molecule has 2 saturated heterocycles. The molecule has 0 amide bonds. The minimum atomic E-state index is 0.718. The van der Waals surface area contributed by atoms with Crippen molar-refractivity contribution in [3.8, 4) is 0 Å². The third-order valence-corrected chi connectivity index (χ3v) is 5.08. The number of hydrogen-bond donors (Lipinski definition) is 0. The van der Waals surface area contributed by atoms with Crippen LogP contribution in [-0.4, -0.2) is 42.1 Å². The molecular formula is C14H20BrN3. The molecule has 18 heavy (non-hydrogen) atoms. The molecule has 2 aliphatic heterocycles. The summed E-state index contributed by atoms with van der Waals surface area (Å²) in [5.41, 5.74) is 1.24. The lowest BCUT2D eigenvalue weighted by molar-refractivity contribution is 0.254. The number of alkyl halides is 1. The van der Waals surface area contributed by atoms with Crippen LogP contribution < -0.4 is 4.90 Å². The van der Waals surface area contributed by atoms with Crippen molar-refractivity contribution in [1.82, 2.24) is 9.88 Å². The molecule has 0 N–H and O–H groups in total. The zero-order valence-electron chi connectivity index (χ0n) is 10.8. The maximum atomic E-state index is 4.60. The van der Waals surface area contributed by atoms with Gasteiger partial charge in [0.2, 0.25) is 0 Å². The van der Waals surface area contributed by atoms with E-state index in [4.69, 9.17) is 0 Å². The van der Waals surface area contributed by atoms with Gasteiger partial charge >= 0.3 is 0 Å². The summed E-state index contributed by atoms with van der Waals surface area (Å²) < 4.78 is 0. The molecule has 2 atom stereocenters. The first-order chi connectivity index (χ1) is 8.78. The van der Waals surface area contributed by atoms with Gasteiger partial charge in [-0.15, -0.1) is 0 Å². The third kappa shape index (κ3) is 2.28. The van der Waals surface area contributed by atoms with Gasteiger partial charge < -0.3 is 4.90 Å². The maximum Gasteiger partial charge on any atom is 0.128 e. The number of fused-ring (bicyclic) bond motifs is 2. The first kappa shape index (κ1) is 12.4. The highest BCUT2D eigenvalue weighted by molar-refractivity contribution is 9.08. The van der Waals surface area contributed by atoms with Gasteiger partial charge in [0.05, 0.1) is 0 Å². The van der Waals surface area contributed by atoms with Gasteiger partial charge in [-0.2, -0.15) is 0 Å². The fourth-order valence-electron chi connectivity index (χ4n) is 3.20. The van der Waals surface area contributed by atoms with Crippen LogP contribution in [0.3, 0.4) is 0 Å². The van der Waals surface area contributed by atoms with Crippen molar-refractivity contribution in [2.24, 2.45) is 0 Å². The monoisotopic (exact) mass is 309 g/mol. The SMILES string of the molecule is CN1C2CCC1CN(c1ccc(CBr)cn1)CC2. The molecule has 0 saturated carbocycles. The van der Waals surface area contributed by atoms with Crippen LogP contribution in [0, 0.1) is 0 Å². The van der Waals surface area contributed by atoms with Gasteiger partial charge in [-0.1, -0.05) is 22.0 Å². The highest BCUT2D eigenvalue weighted by atomic mass is 79.9. The van der Waals surface area contributed by atoms with Crippen LogP contribution in [0.15, 0.2) is 18.3 Å². The third-order valence-electron chi connectivity index (χ3n) is 4.44. The highest BCUT2D eigenvalue weighted by Gasteiger charge is 2.34. The van der Waals surface area contributed by atoms with Crippen molar-refractivity contribution in [2.75, 3.05) is 25.0 Å². The smallest absolute Gasteiger partial charge is 0.128 e. The molecule has 0 aliphatic carbocycles. The molecule has 98 valence electrons. The standard InChI is InChI=1S/C14H20BrN3/c1-17-12-3-4-13(17)10-18(7-6-12)14-5-2-11(8-15)9-16-14/h2,5,9,12-13H,3-4,6-8,10H2,1H3. The summed E-state index contributed by atoms with van der Waals surface area (Å²) in [6.45, 7) is 2.28. The Morgan fingerprint density at radius 3 is 2.83 bits per heavy atom. The Hall–Kier alpha value is -0.610. The zero-order valence-corrected chi connectivity index (χ0v) is 12.4. The number of anilines is 1. The lowest BCUT2D eigenvalue weighted by Crippen LogP contribution is -2.36. The quantitative estimate of drug-likeness (QED) is 0.783. The first-order valence-corrected chi connectivity index (χ1v) is 7.88. The molecule has 2 fully saturated rings. The molecule has 3 rings (SSSR count). The number of hydrogen-bond acceptors (Lipinski definition) is 3. The molecule has 1 aromatic heterocycles. The molecule has 4 heteroatoms. The molecule has 0 radical (unpaired) electrons. The van der Waals surface area contributed by atoms with Gasteiger partial charge in [0, 0.05) is 36.7 Å². The van der Waals surface area contributed by atoms with E-state index < -0.39 is 0 Å². The van der Waals surface area contributed by atoms with Crippen molar-refractivity contribution in [1.29, 1.82) is 0 Å². The Morgan fingerprint density at radius 2 is 2.11 bits per heavy atom. The van der Waals surface area contributed by atoms with Gasteiger partial charge in [0.1, 0.15) is 5.82 Å². The Morgan fingerprint density at radius 1 is 1.28 bits per heavy atom. The van der Waals surface area contributed by atoms with E-state index in [0.29, 0.717) is 0 Å². The Kier molecular flexibility index (Phi) is 3.57. The number of pyridine rings is 1. The molecule has 3 nitrogen and oxygen atoms in total. The Balaban J connectivity index is 1.76. The molecular weight excluding hydrogens is 290 g/mol. The summed E-state index contributed by atoms with van der Waals surface area (Å²) in [6.07, 6.45) is 5.98. The molecule has 2 unspecified atom stereocenters. The van der Waals surface area contributed by atoms with E-state index >= 15 is 0 Å². The average Bonchev–Trinajstić information content (AvgIpc) is 2.64. The first-order valence-electron chi connectivity index (χ1n) is 6.75. The van der Waals surface area contributed by atoms with Crippen LogP contribution in [0.4, 0.5) is 5.82 Å². The highest BCUT2D eigenvalue weighted by Crippen LogP contribution is 2.30. The van der Waals surface area contributed by atoms with E-state index in [2.05, 4.69) is 49.9 Å². The Labute approximate surface area is 117 Å². The summed E-state index contributed by atoms with van der Waals surface area (Å²) in [4.78, 5) is 9.63. The van der Waals surface area contributed by atoms with Crippen molar-refractivity contribution in [2.45, 2.75) is 36.7 Å². The van der Waals surface area contributed by atoms with Crippen LogP contribution in [-0.2, 0) is 5.33 Å². The minimum Gasteiger partial charge on any atom is -0.355 e.